The van der Waals surface area contributed by atoms with Crippen molar-refractivity contribution in [3.63, 3.8) is 0 Å². The van der Waals surface area contributed by atoms with Crippen molar-refractivity contribution in [3.05, 3.63) is 82.9 Å². The maximum absolute atomic E-state index is 11.5. The Balaban J connectivity index is 0.000000307. The number of benzene rings is 4. The summed E-state index contributed by atoms with van der Waals surface area (Å²) in [6.45, 7) is 8.46. The van der Waals surface area contributed by atoms with Crippen LogP contribution < -0.4 is 0 Å². The normalized spacial score (nSPS) is 11.7. The van der Waals surface area contributed by atoms with Crippen molar-refractivity contribution in [2.75, 3.05) is 0 Å². The van der Waals surface area contributed by atoms with E-state index in [-0.39, 0.29) is 47.5 Å². The van der Waals surface area contributed by atoms with Gasteiger partial charge in [0.1, 0.15) is 20.2 Å². The first kappa shape index (κ1) is 39.7. The van der Waals surface area contributed by atoms with Gasteiger partial charge in [0.25, 0.3) is 0 Å². The van der Waals surface area contributed by atoms with E-state index in [2.05, 4.69) is 27.7 Å². The van der Waals surface area contributed by atoms with Crippen LogP contribution in [0.3, 0.4) is 0 Å². The molecular weight excluding hydrogens is 633 g/mol. The number of hydrogen-bond donors (Lipinski definition) is 0. The second-order valence-corrected chi connectivity index (χ2v) is 14.3. The molecule has 6 nitrogen and oxygen atoms in total. The molecule has 4 aromatic rings. The summed E-state index contributed by atoms with van der Waals surface area (Å²) >= 11 is 0. The van der Waals surface area contributed by atoms with Gasteiger partial charge in [-0.1, -0.05) is 89.8 Å². The van der Waals surface area contributed by atoms with Gasteiger partial charge >= 0.3 is 37.7 Å². The Morgan fingerprint density at radius 2 is 0.778 bits per heavy atom. The van der Waals surface area contributed by atoms with Gasteiger partial charge in [-0.3, -0.25) is 0 Å². The molecule has 4 aromatic carbocycles. The molecule has 0 atom stereocenters. The van der Waals surface area contributed by atoms with Crippen LogP contribution in [0.4, 0.5) is 0 Å². The van der Waals surface area contributed by atoms with E-state index in [9.17, 15) is 25.9 Å². The van der Waals surface area contributed by atoms with Gasteiger partial charge in [-0.15, -0.1) is 0 Å². The number of aryl methyl sites for hydroxylation is 4. The van der Waals surface area contributed by atoms with E-state index in [1.165, 1.54) is 0 Å². The molecule has 0 amide bonds. The van der Waals surface area contributed by atoms with Crippen molar-refractivity contribution in [2.24, 2.45) is 0 Å². The average Bonchev–Trinajstić information content (AvgIpc) is 2.99. The summed E-state index contributed by atoms with van der Waals surface area (Å²) in [5.74, 6) is 0. The molecule has 45 heavy (non-hydrogen) atoms. The first-order valence-corrected chi connectivity index (χ1v) is 18.8. The van der Waals surface area contributed by atoms with Crippen LogP contribution in [0.5, 0.6) is 0 Å². The molecule has 0 bridgehead atoms. The summed E-state index contributed by atoms with van der Waals surface area (Å²) in [5.41, 5.74) is 4.18. The zero-order valence-corrected chi connectivity index (χ0v) is 31.1. The molecule has 0 saturated heterocycles. The first-order chi connectivity index (χ1) is 20.9. The van der Waals surface area contributed by atoms with Gasteiger partial charge < -0.3 is 9.11 Å². The SMILES string of the molecule is CCCCc1cc(S(=O)(=O)[O-])cc2c(CCCC)cccc12.CCCCc1cc(S(=O)(=O)[O-])cc2c(CCCC)cccc12.[Ca+2]. The maximum atomic E-state index is 11.5. The van der Waals surface area contributed by atoms with E-state index in [1.54, 1.807) is 24.3 Å². The van der Waals surface area contributed by atoms with Crippen LogP contribution in [0.15, 0.2) is 70.5 Å². The summed E-state index contributed by atoms with van der Waals surface area (Å²) < 4.78 is 68.8. The van der Waals surface area contributed by atoms with Crippen LogP contribution in [0.25, 0.3) is 21.5 Å². The van der Waals surface area contributed by atoms with Crippen molar-refractivity contribution in [1.82, 2.24) is 0 Å². The molecule has 0 aliphatic rings. The maximum Gasteiger partial charge on any atom is 2.00 e. The van der Waals surface area contributed by atoms with E-state index in [0.717, 1.165) is 121 Å². The smallest absolute Gasteiger partial charge is 0.744 e. The Morgan fingerprint density at radius 3 is 1.07 bits per heavy atom. The number of fused-ring (bicyclic) bond motifs is 2. The van der Waals surface area contributed by atoms with Crippen LogP contribution in [0, 0.1) is 0 Å². The zero-order valence-electron chi connectivity index (χ0n) is 27.2. The predicted octanol–water partition coefficient (Wildman–Crippen LogP) is 8.48. The molecule has 0 aliphatic carbocycles. The molecule has 0 heterocycles. The van der Waals surface area contributed by atoms with Gasteiger partial charge in [0.15, 0.2) is 0 Å². The van der Waals surface area contributed by atoms with Crippen LogP contribution in [0.2, 0.25) is 0 Å². The number of rotatable bonds is 14. The van der Waals surface area contributed by atoms with Crippen LogP contribution in [-0.2, 0) is 45.9 Å². The molecule has 0 radical (unpaired) electrons. The molecule has 9 heteroatoms. The van der Waals surface area contributed by atoms with Crippen molar-refractivity contribution < 1.29 is 25.9 Å². The Hall–Kier alpha value is -1.52. The topological polar surface area (TPSA) is 114 Å². The summed E-state index contributed by atoms with van der Waals surface area (Å²) in [6, 6.07) is 18.4. The Labute approximate surface area is 300 Å². The standard InChI is InChI=1S/2C18H24O3S.Ca/c2*1-3-5-8-14-10-7-11-17-15(9-6-4-2)12-16(13-18(14)17)22(19,20)21;/h2*7,10-13H,3-6,8-9H2,1-2H3,(H,19,20,21);/q;;+2/p-2. The Kier molecular flexibility index (Phi) is 16.5. The van der Waals surface area contributed by atoms with Gasteiger partial charge in [-0.25, -0.2) is 16.8 Å². The third kappa shape index (κ3) is 11.3. The largest absolute Gasteiger partial charge is 2.00 e. The van der Waals surface area contributed by atoms with Gasteiger partial charge in [-0.05, 0) is 119 Å². The van der Waals surface area contributed by atoms with Gasteiger partial charge in [0.2, 0.25) is 0 Å². The van der Waals surface area contributed by atoms with Crippen LogP contribution >= 0.6 is 0 Å². The predicted molar refractivity (Wildman–Crippen MR) is 184 cm³/mol. The second kappa shape index (κ2) is 18.7. The molecule has 0 saturated carbocycles. The van der Waals surface area contributed by atoms with Crippen molar-refractivity contribution in [2.45, 2.75) is 115 Å². The summed E-state index contributed by atoms with van der Waals surface area (Å²) in [6.07, 6.45) is 11.7. The van der Waals surface area contributed by atoms with Crippen molar-refractivity contribution >= 4 is 79.5 Å². The fourth-order valence-corrected chi connectivity index (χ4v) is 6.70. The van der Waals surface area contributed by atoms with Crippen LogP contribution in [-0.4, -0.2) is 63.7 Å². The van der Waals surface area contributed by atoms with Gasteiger partial charge in [0, 0.05) is 0 Å². The molecule has 0 fully saturated rings. The van der Waals surface area contributed by atoms with E-state index >= 15 is 0 Å². The zero-order chi connectivity index (χ0) is 32.3. The van der Waals surface area contributed by atoms with Crippen LogP contribution in [0.1, 0.15) is 101 Å². The minimum absolute atomic E-state index is 0. The molecule has 0 aromatic heterocycles. The Bertz CT molecular complexity index is 1630. The van der Waals surface area contributed by atoms with E-state index in [0.29, 0.717) is 0 Å². The van der Waals surface area contributed by atoms with E-state index in [1.807, 2.05) is 36.4 Å². The minimum Gasteiger partial charge on any atom is -0.744 e. The number of unbranched alkanes of at least 4 members (excludes halogenated alkanes) is 4. The molecule has 0 unspecified atom stereocenters. The molecule has 0 aliphatic heterocycles. The van der Waals surface area contributed by atoms with Gasteiger partial charge in [0.05, 0.1) is 9.79 Å². The van der Waals surface area contributed by atoms with Crippen molar-refractivity contribution in [1.29, 1.82) is 0 Å². The Morgan fingerprint density at radius 1 is 0.467 bits per heavy atom. The molecule has 240 valence electrons. The van der Waals surface area contributed by atoms with E-state index in [4.69, 9.17) is 0 Å². The summed E-state index contributed by atoms with van der Waals surface area (Å²) in [4.78, 5) is -0.204. The fraction of sp³-hybridized carbons (Fsp3) is 0.444. The molecule has 0 N–H and O–H groups in total. The summed E-state index contributed by atoms with van der Waals surface area (Å²) in [5, 5.41) is 3.99. The third-order valence-corrected chi connectivity index (χ3v) is 9.69. The monoisotopic (exact) mass is 678 g/mol. The number of hydrogen-bond acceptors (Lipinski definition) is 6. The molecular formula is C36H46CaO6S2. The minimum atomic E-state index is -4.43. The average molecular weight is 679 g/mol. The van der Waals surface area contributed by atoms with Gasteiger partial charge in [-0.2, -0.15) is 0 Å². The third-order valence-electron chi connectivity index (χ3n) is 8.07. The quantitative estimate of drug-likeness (QED) is 0.0976. The second-order valence-electron chi connectivity index (χ2n) is 11.5. The van der Waals surface area contributed by atoms with Crippen molar-refractivity contribution in [3.8, 4) is 0 Å². The molecule has 0 spiro atoms. The summed E-state index contributed by atoms with van der Waals surface area (Å²) in [7, 11) is -8.86. The first-order valence-electron chi connectivity index (χ1n) is 15.9. The molecule has 4 rings (SSSR count). The fourth-order valence-electron chi connectivity index (χ4n) is 5.60. The van der Waals surface area contributed by atoms with E-state index < -0.39 is 20.2 Å².